The average molecular weight is 788 g/mol. The fraction of sp³-hybridized carbons (Fsp3) is 0.488. The summed E-state index contributed by atoms with van der Waals surface area (Å²) in [5.74, 6) is -1.18. The van der Waals surface area contributed by atoms with E-state index in [1.54, 1.807) is 40.0 Å². The molecule has 4 aliphatic rings. The Morgan fingerprint density at radius 3 is 2.41 bits per heavy atom. The van der Waals surface area contributed by atoms with Gasteiger partial charge in [0.05, 0.1) is 36.7 Å². The molecule has 1 aromatic heterocycles. The third kappa shape index (κ3) is 8.32. The molecule has 298 valence electrons. The Morgan fingerprint density at radius 1 is 1.05 bits per heavy atom. The number of sulfonamides is 1. The number of carbonyl (C=O) groups excluding carboxylic acids is 4. The van der Waals surface area contributed by atoms with E-state index < -0.39 is 74.1 Å². The standard InChI is InChI=1S/C41H49N5O9S/c1-6-26-21-41(26,38(49)45-56(51,52)29-15-16-29)44-36(47)33-19-28(22-46(33)37(48)35(40(2,3)4)43-39(50)54-23-24-12-13-24)55-34-20-31(25-10-8-7-9-11-25)42-32-18-27(53-5)14-17-30(32)34/h6-11,14,17-18,20,24,26,28-29,33,35H,1,12-13,15-16,19,21-23H2,2-5H3,(H,43,50)(H,44,47)(H,45,49)/t26-,28-,33+,35-,41-/m1/s1. The van der Waals surface area contributed by atoms with Gasteiger partial charge >= 0.3 is 6.09 Å². The maximum Gasteiger partial charge on any atom is 0.407 e. The molecule has 15 heteroatoms. The predicted molar refractivity (Wildman–Crippen MR) is 208 cm³/mol. The van der Waals surface area contributed by atoms with Crippen molar-refractivity contribution in [2.75, 3.05) is 20.3 Å². The quantitative estimate of drug-likeness (QED) is 0.197. The summed E-state index contributed by atoms with van der Waals surface area (Å²) in [5.41, 5.74) is -0.261. The van der Waals surface area contributed by atoms with E-state index in [9.17, 15) is 27.6 Å². The Kier molecular flexibility index (Phi) is 10.5. The number of amides is 4. The number of ether oxygens (including phenoxy) is 3. The number of aromatic nitrogens is 1. The smallest absolute Gasteiger partial charge is 0.407 e. The van der Waals surface area contributed by atoms with E-state index in [0.29, 0.717) is 46.9 Å². The molecule has 3 saturated carbocycles. The molecule has 7 rings (SSSR count). The number of hydrogen-bond acceptors (Lipinski definition) is 10. The first-order chi connectivity index (χ1) is 26.6. The topological polar surface area (TPSA) is 182 Å². The van der Waals surface area contributed by atoms with Crippen molar-refractivity contribution in [3.05, 3.63) is 67.3 Å². The van der Waals surface area contributed by atoms with Crippen LogP contribution in [0.1, 0.15) is 59.3 Å². The van der Waals surface area contributed by atoms with Crippen molar-refractivity contribution in [1.29, 1.82) is 0 Å². The minimum absolute atomic E-state index is 0.0258. The van der Waals surface area contributed by atoms with Gasteiger partial charge in [0.15, 0.2) is 0 Å². The third-order valence-corrected chi connectivity index (χ3v) is 12.8. The fourth-order valence-electron chi connectivity index (χ4n) is 7.18. The number of rotatable bonds is 14. The summed E-state index contributed by atoms with van der Waals surface area (Å²) in [5, 5.41) is 5.61. The van der Waals surface area contributed by atoms with Crippen LogP contribution < -0.4 is 24.8 Å². The number of fused-ring (bicyclic) bond motifs is 1. The molecule has 0 radical (unpaired) electrons. The molecule has 3 aliphatic carbocycles. The van der Waals surface area contributed by atoms with Gasteiger partial charge in [0, 0.05) is 35.4 Å². The summed E-state index contributed by atoms with van der Waals surface area (Å²) in [7, 11) is -2.34. The first-order valence-electron chi connectivity index (χ1n) is 19.1. The van der Waals surface area contributed by atoms with Crippen LogP contribution in [0, 0.1) is 17.3 Å². The van der Waals surface area contributed by atoms with E-state index in [1.165, 1.54) is 11.0 Å². The second-order valence-corrected chi connectivity index (χ2v) is 18.4. The number of nitrogens with one attached hydrogen (secondary N) is 3. The van der Waals surface area contributed by atoms with Crippen molar-refractivity contribution in [2.45, 2.75) is 88.3 Å². The van der Waals surface area contributed by atoms with Gasteiger partial charge in [-0.15, -0.1) is 6.58 Å². The second kappa shape index (κ2) is 15.1. The summed E-state index contributed by atoms with van der Waals surface area (Å²) in [6.45, 7) is 9.42. The molecule has 0 spiro atoms. The highest BCUT2D eigenvalue weighted by Gasteiger charge is 2.62. The summed E-state index contributed by atoms with van der Waals surface area (Å²) < 4.78 is 45.3. The highest BCUT2D eigenvalue weighted by atomic mass is 32.2. The lowest BCUT2D eigenvalue weighted by Gasteiger charge is -2.35. The van der Waals surface area contributed by atoms with Gasteiger partial charge in [0.1, 0.15) is 35.2 Å². The van der Waals surface area contributed by atoms with Crippen molar-refractivity contribution in [3.63, 3.8) is 0 Å². The van der Waals surface area contributed by atoms with Crippen LogP contribution in [0.2, 0.25) is 0 Å². The molecule has 2 aromatic carbocycles. The zero-order valence-electron chi connectivity index (χ0n) is 32.1. The van der Waals surface area contributed by atoms with Gasteiger partial charge in [-0.1, -0.05) is 57.2 Å². The molecular weight excluding hydrogens is 739 g/mol. The van der Waals surface area contributed by atoms with Crippen molar-refractivity contribution < 1.29 is 41.8 Å². The largest absolute Gasteiger partial charge is 0.497 e. The van der Waals surface area contributed by atoms with Crippen molar-refractivity contribution >= 4 is 44.7 Å². The van der Waals surface area contributed by atoms with E-state index in [-0.39, 0.29) is 26.0 Å². The Bertz CT molecular complexity index is 2150. The highest BCUT2D eigenvalue weighted by molar-refractivity contribution is 7.91. The minimum atomic E-state index is -3.91. The van der Waals surface area contributed by atoms with Gasteiger partial charge in [-0.25, -0.2) is 18.2 Å². The van der Waals surface area contributed by atoms with Gasteiger partial charge in [-0.05, 0) is 55.6 Å². The lowest BCUT2D eigenvalue weighted by molar-refractivity contribution is -0.142. The summed E-state index contributed by atoms with van der Waals surface area (Å²) in [6.07, 6.45) is 3.09. The maximum absolute atomic E-state index is 14.6. The van der Waals surface area contributed by atoms with Gasteiger partial charge in [-0.3, -0.25) is 19.1 Å². The molecule has 0 unspecified atom stereocenters. The van der Waals surface area contributed by atoms with E-state index in [2.05, 4.69) is 21.9 Å². The van der Waals surface area contributed by atoms with Gasteiger partial charge in [0.2, 0.25) is 21.8 Å². The maximum atomic E-state index is 14.6. The Balaban J connectivity index is 1.20. The average Bonchev–Trinajstić information content (AvgIpc) is 4.06. The fourth-order valence-corrected chi connectivity index (χ4v) is 8.55. The Morgan fingerprint density at radius 2 is 1.79 bits per heavy atom. The van der Waals surface area contributed by atoms with Gasteiger partial charge < -0.3 is 29.7 Å². The molecule has 5 atom stereocenters. The molecule has 4 amide bonds. The highest BCUT2D eigenvalue weighted by Crippen LogP contribution is 2.46. The molecule has 56 heavy (non-hydrogen) atoms. The molecule has 3 aromatic rings. The van der Waals surface area contributed by atoms with Crippen LogP contribution in [0.15, 0.2) is 67.3 Å². The first-order valence-corrected chi connectivity index (χ1v) is 20.6. The molecular formula is C41H49N5O9S. The zero-order valence-corrected chi connectivity index (χ0v) is 32.9. The number of likely N-dealkylation sites (tertiary alicyclic amines) is 1. The summed E-state index contributed by atoms with van der Waals surface area (Å²) in [6, 6.07) is 14.6. The predicted octanol–water partition coefficient (Wildman–Crippen LogP) is 4.48. The van der Waals surface area contributed by atoms with Crippen LogP contribution in [-0.4, -0.2) is 91.4 Å². The third-order valence-electron chi connectivity index (χ3n) is 11.0. The molecule has 4 fully saturated rings. The molecule has 14 nitrogen and oxygen atoms in total. The van der Waals surface area contributed by atoms with Crippen molar-refractivity contribution in [2.24, 2.45) is 17.3 Å². The molecule has 1 saturated heterocycles. The lowest BCUT2D eigenvalue weighted by Crippen LogP contribution is -2.60. The number of carbonyl (C=O) groups is 4. The van der Waals surface area contributed by atoms with Crippen LogP contribution >= 0.6 is 0 Å². The molecule has 2 heterocycles. The van der Waals surface area contributed by atoms with Crippen molar-refractivity contribution in [1.82, 2.24) is 25.2 Å². The minimum Gasteiger partial charge on any atom is -0.497 e. The van der Waals surface area contributed by atoms with E-state index in [1.807, 2.05) is 42.5 Å². The van der Waals surface area contributed by atoms with Gasteiger partial charge in [-0.2, -0.15) is 0 Å². The molecule has 3 N–H and O–H groups in total. The van der Waals surface area contributed by atoms with Crippen molar-refractivity contribution in [3.8, 4) is 22.8 Å². The summed E-state index contributed by atoms with van der Waals surface area (Å²) in [4.78, 5) is 61.9. The molecule has 1 aliphatic heterocycles. The van der Waals surface area contributed by atoms with Crippen LogP contribution in [0.4, 0.5) is 4.79 Å². The molecule has 0 bridgehead atoms. The summed E-state index contributed by atoms with van der Waals surface area (Å²) >= 11 is 0. The number of pyridine rings is 1. The number of benzene rings is 2. The van der Waals surface area contributed by atoms with Crippen LogP contribution in [0.5, 0.6) is 11.5 Å². The zero-order chi connectivity index (χ0) is 40.0. The van der Waals surface area contributed by atoms with E-state index in [4.69, 9.17) is 19.2 Å². The first kappa shape index (κ1) is 39.1. The van der Waals surface area contributed by atoms with Gasteiger partial charge in [0.25, 0.3) is 5.91 Å². The monoisotopic (exact) mass is 787 g/mol. The van der Waals surface area contributed by atoms with Crippen LogP contribution in [0.25, 0.3) is 22.2 Å². The Labute approximate surface area is 326 Å². The lowest BCUT2D eigenvalue weighted by atomic mass is 9.85. The van der Waals surface area contributed by atoms with E-state index >= 15 is 0 Å². The van der Waals surface area contributed by atoms with Crippen LogP contribution in [-0.2, 0) is 29.1 Å². The second-order valence-electron chi connectivity index (χ2n) is 16.4. The Hall–Kier alpha value is -5.18. The number of hydrogen-bond donors (Lipinski definition) is 3. The SMILES string of the molecule is C=C[C@@H]1C[C@]1(NC(=O)[C@@H]1C[C@@H](Oc2cc(-c3ccccc3)nc3cc(OC)ccc23)CN1C(=O)[C@@H](NC(=O)OCC1CC1)C(C)(C)C)C(=O)NS(=O)(=O)C1CC1. The number of nitrogens with zero attached hydrogens (tertiary/aromatic N) is 2. The number of methoxy groups -OCH3 is 1. The number of alkyl carbamates (subject to hydrolysis) is 1. The van der Waals surface area contributed by atoms with Crippen LogP contribution in [0.3, 0.4) is 0 Å². The normalized spacial score (nSPS) is 23.8. The van der Waals surface area contributed by atoms with E-state index in [0.717, 1.165) is 18.4 Å².